The van der Waals surface area contributed by atoms with Crippen molar-refractivity contribution in [3.63, 3.8) is 0 Å². The molecule has 0 aliphatic carbocycles. The van der Waals surface area contributed by atoms with Crippen LogP contribution in [-0.2, 0) is 0 Å². The lowest BCUT2D eigenvalue weighted by Gasteiger charge is -2.15. The van der Waals surface area contributed by atoms with Gasteiger partial charge in [-0.1, -0.05) is 109 Å². The molecule has 7 aromatic carbocycles. The Labute approximate surface area is 277 Å². The summed E-state index contributed by atoms with van der Waals surface area (Å²) >= 11 is 0. The van der Waals surface area contributed by atoms with Gasteiger partial charge in [0.1, 0.15) is 0 Å². The predicted octanol–water partition coefficient (Wildman–Crippen LogP) is 11.6. The van der Waals surface area contributed by atoms with Gasteiger partial charge in [0.15, 0.2) is 5.69 Å². The van der Waals surface area contributed by atoms with Gasteiger partial charge in [-0.05, 0) is 65.2 Å². The lowest BCUT2D eigenvalue weighted by atomic mass is 9.97. The van der Waals surface area contributed by atoms with Crippen LogP contribution < -0.4 is 0 Å². The second-order valence-corrected chi connectivity index (χ2v) is 12.0. The molecule has 4 nitrogen and oxygen atoms in total. The van der Waals surface area contributed by atoms with E-state index in [0.29, 0.717) is 11.3 Å². The Morgan fingerprint density at radius 3 is 1.69 bits per heavy atom. The van der Waals surface area contributed by atoms with Gasteiger partial charge in [-0.2, -0.15) is 5.26 Å². The second kappa shape index (κ2) is 10.9. The van der Waals surface area contributed by atoms with Crippen LogP contribution in [0.1, 0.15) is 5.56 Å². The monoisotopic (exact) mass is 610 g/mol. The molecule has 0 fully saturated rings. The molecule has 222 valence electrons. The molecule has 0 unspecified atom stereocenters. The first-order valence-electron chi connectivity index (χ1n) is 15.9. The minimum Gasteiger partial charge on any atom is -0.310 e. The molecule has 9 rings (SSSR count). The molecule has 0 N–H and O–H groups in total. The standard InChI is InChI=1S/C44H26N4/c1-46-33-22-23-39-38-13-5-9-17-43(38)48(44(39)27-33)40-14-6-2-10-35(40)31-20-18-30(19-21-31)32-24-29(28-45)25-34(26-32)47-41-15-7-3-11-36(41)37-12-4-8-16-42(37)47/h2-27H. The molecule has 0 radical (unpaired) electrons. The zero-order valence-electron chi connectivity index (χ0n) is 25.8. The Balaban J connectivity index is 1.18. The van der Waals surface area contributed by atoms with E-state index in [-0.39, 0.29) is 0 Å². The molecule has 0 bridgehead atoms. The van der Waals surface area contributed by atoms with Crippen LogP contribution in [0.5, 0.6) is 0 Å². The lowest BCUT2D eigenvalue weighted by Crippen LogP contribution is -1.97. The third-order valence-electron chi connectivity index (χ3n) is 9.35. The Morgan fingerprint density at radius 2 is 1.04 bits per heavy atom. The van der Waals surface area contributed by atoms with Crippen LogP contribution in [-0.4, -0.2) is 9.13 Å². The van der Waals surface area contributed by atoms with Crippen molar-refractivity contribution < 1.29 is 0 Å². The summed E-state index contributed by atoms with van der Waals surface area (Å²) in [5.74, 6) is 0. The molecule has 0 aliphatic heterocycles. The first kappa shape index (κ1) is 27.4. The number of fused-ring (bicyclic) bond motifs is 6. The number of benzene rings is 7. The normalized spacial score (nSPS) is 11.3. The molecule has 0 spiro atoms. The van der Waals surface area contributed by atoms with Gasteiger partial charge in [0.25, 0.3) is 0 Å². The van der Waals surface area contributed by atoms with Crippen LogP contribution in [0.4, 0.5) is 5.69 Å². The number of aromatic nitrogens is 2. The molecule has 9 aromatic rings. The maximum Gasteiger partial charge on any atom is 0.189 e. The Kier molecular flexibility index (Phi) is 6.22. The van der Waals surface area contributed by atoms with E-state index in [9.17, 15) is 5.26 Å². The van der Waals surface area contributed by atoms with Crippen LogP contribution in [0.3, 0.4) is 0 Å². The molecular formula is C44H26N4. The van der Waals surface area contributed by atoms with E-state index in [0.717, 1.165) is 66.5 Å². The quantitative estimate of drug-likeness (QED) is 0.183. The minimum atomic E-state index is 0.615. The Bertz CT molecular complexity index is 2750. The van der Waals surface area contributed by atoms with Crippen LogP contribution in [0.25, 0.3) is 82.1 Å². The van der Waals surface area contributed by atoms with Crippen molar-refractivity contribution in [3.05, 3.63) is 175 Å². The second-order valence-electron chi connectivity index (χ2n) is 12.0. The average Bonchev–Trinajstić information content (AvgIpc) is 3.67. The summed E-state index contributed by atoms with van der Waals surface area (Å²) in [7, 11) is 0. The fourth-order valence-electron chi connectivity index (χ4n) is 7.22. The van der Waals surface area contributed by atoms with E-state index in [4.69, 9.17) is 6.57 Å². The van der Waals surface area contributed by atoms with Gasteiger partial charge in [0, 0.05) is 38.3 Å². The SMILES string of the molecule is [C-]#[N+]c1ccc2c3ccccc3n(-c3ccccc3-c3ccc(-c4cc(C#N)cc(-n5c6ccccc6c6ccccc65)c4)cc3)c2c1. The largest absolute Gasteiger partial charge is 0.310 e. The molecule has 0 atom stereocenters. The summed E-state index contributed by atoms with van der Waals surface area (Å²) in [5, 5.41) is 14.7. The van der Waals surface area contributed by atoms with Gasteiger partial charge < -0.3 is 9.13 Å². The van der Waals surface area contributed by atoms with Crippen molar-refractivity contribution in [1.29, 1.82) is 5.26 Å². The van der Waals surface area contributed by atoms with E-state index in [2.05, 4.69) is 154 Å². The van der Waals surface area contributed by atoms with Crippen LogP contribution >= 0.6 is 0 Å². The Morgan fingerprint density at radius 1 is 0.479 bits per heavy atom. The maximum absolute atomic E-state index is 10.1. The number of para-hydroxylation sites is 4. The fourth-order valence-corrected chi connectivity index (χ4v) is 7.22. The van der Waals surface area contributed by atoms with Gasteiger partial charge >= 0.3 is 0 Å². The predicted molar refractivity (Wildman–Crippen MR) is 197 cm³/mol. The lowest BCUT2D eigenvalue weighted by molar-refractivity contribution is 1.18. The zero-order chi connectivity index (χ0) is 32.2. The van der Waals surface area contributed by atoms with E-state index in [1.54, 1.807) is 0 Å². The molecule has 0 saturated carbocycles. The first-order chi connectivity index (χ1) is 23.7. The van der Waals surface area contributed by atoms with Crippen LogP contribution in [0.15, 0.2) is 158 Å². The summed E-state index contributed by atoms with van der Waals surface area (Å²) in [4.78, 5) is 3.72. The molecule has 0 aliphatic rings. The van der Waals surface area contributed by atoms with E-state index in [1.807, 2.05) is 24.3 Å². The summed E-state index contributed by atoms with van der Waals surface area (Å²) < 4.78 is 4.53. The van der Waals surface area contributed by atoms with Crippen molar-refractivity contribution >= 4 is 49.3 Å². The van der Waals surface area contributed by atoms with Crippen molar-refractivity contribution in [2.24, 2.45) is 0 Å². The van der Waals surface area contributed by atoms with E-state index in [1.165, 1.54) is 10.8 Å². The summed E-state index contributed by atoms with van der Waals surface area (Å²) in [6, 6.07) is 56.7. The third-order valence-corrected chi connectivity index (χ3v) is 9.35. The topological polar surface area (TPSA) is 38.0 Å². The number of hydrogen-bond acceptors (Lipinski definition) is 1. The van der Waals surface area contributed by atoms with Gasteiger partial charge in [-0.15, -0.1) is 0 Å². The number of hydrogen-bond donors (Lipinski definition) is 0. The molecule has 2 aromatic heterocycles. The van der Waals surface area contributed by atoms with Crippen molar-refractivity contribution in [2.45, 2.75) is 0 Å². The van der Waals surface area contributed by atoms with Crippen molar-refractivity contribution in [2.75, 3.05) is 0 Å². The van der Waals surface area contributed by atoms with Gasteiger partial charge in [-0.25, -0.2) is 4.85 Å². The van der Waals surface area contributed by atoms with Crippen LogP contribution in [0, 0.1) is 17.9 Å². The highest BCUT2D eigenvalue weighted by molar-refractivity contribution is 6.11. The molecule has 0 amide bonds. The molecule has 0 saturated heterocycles. The minimum absolute atomic E-state index is 0.615. The summed E-state index contributed by atoms with van der Waals surface area (Å²) in [6.45, 7) is 7.64. The van der Waals surface area contributed by atoms with Crippen molar-refractivity contribution in [3.8, 4) is 39.7 Å². The summed E-state index contributed by atoms with van der Waals surface area (Å²) in [6.07, 6.45) is 0. The first-order valence-corrected chi connectivity index (χ1v) is 15.9. The average molecular weight is 611 g/mol. The third kappa shape index (κ3) is 4.22. The number of nitriles is 1. The zero-order valence-corrected chi connectivity index (χ0v) is 25.8. The molecule has 2 heterocycles. The van der Waals surface area contributed by atoms with E-state index >= 15 is 0 Å². The highest BCUT2D eigenvalue weighted by Crippen LogP contribution is 2.39. The van der Waals surface area contributed by atoms with Crippen LogP contribution in [0.2, 0.25) is 0 Å². The summed E-state index contributed by atoms with van der Waals surface area (Å²) in [5.41, 5.74) is 11.8. The van der Waals surface area contributed by atoms with Gasteiger partial charge in [-0.3, -0.25) is 0 Å². The number of nitrogens with zero attached hydrogens (tertiary/aromatic N) is 4. The highest BCUT2D eigenvalue weighted by Gasteiger charge is 2.17. The van der Waals surface area contributed by atoms with Crippen molar-refractivity contribution in [1.82, 2.24) is 9.13 Å². The molecule has 4 heteroatoms. The smallest absolute Gasteiger partial charge is 0.189 e. The Hall–Kier alpha value is -6.88. The van der Waals surface area contributed by atoms with E-state index < -0.39 is 0 Å². The number of rotatable bonds is 4. The van der Waals surface area contributed by atoms with Gasteiger partial charge in [0.2, 0.25) is 0 Å². The molecular weight excluding hydrogens is 585 g/mol. The van der Waals surface area contributed by atoms with Gasteiger partial charge in [0.05, 0.1) is 40.4 Å². The maximum atomic E-state index is 10.1. The fraction of sp³-hybridized carbons (Fsp3) is 0. The molecule has 48 heavy (non-hydrogen) atoms. The highest BCUT2D eigenvalue weighted by atomic mass is 15.0.